The molecule has 0 aromatic carbocycles. The van der Waals surface area contributed by atoms with Crippen LogP contribution >= 0.6 is 0 Å². The van der Waals surface area contributed by atoms with Crippen molar-refractivity contribution in [3.8, 4) is 0 Å². The Bertz CT molecular complexity index is 472. The van der Waals surface area contributed by atoms with E-state index in [1.54, 1.807) is 13.3 Å². The topological polar surface area (TPSA) is 46.1 Å². The van der Waals surface area contributed by atoms with Crippen LogP contribution in [0.25, 0.3) is 0 Å². The van der Waals surface area contributed by atoms with Crippen molar-refractivity contribution in [3.05, 3.63) is 17.6 Å². The van der Waals surface area contributed by atoms with Gasteiger partial charge in [0.05, 0.1) is 6.04 Å². The third-order valence-electron chi connectivity index (χ3n) is 4.10. The Hall–Kier alpha value is -1.45. The zero-order chi connectivity index (χ0) is 12.5. The van der Waals surface area contributed by atoms with E-state index in [2.05, 4.69) is 14.9 Å². The van der Waals surface area contributed by atoms with Crippen LogP contribution in [-0.2, 0) is 17.6 Å². The van der Waals surface area contributed by atoms with Crippen molar-refractivity contribution in [2.24, 2.45) is 0 Å². The second kappa shape index (κ2) is 4.67. The van der Waals surface area contributed by atoms with Crippen LogP contribution in [0.15, 0.2) is 6.33 Å². The maximum absolute atomic E-state index is 11.8. The van der Waals surface area contributed by atoms with Gasteiger partial charge in [0, 0.05) is 17.8 Å². The molecule has 1 aliphatic heterocycles. The quantitative estimate of drug-likeness (QED) is 0.798. The third-order valence-corrected chi connectivity index (χ3v) is 4.10. The highest BCUT2D eigenvalue weighted by molar-refractivity contribution is 5.85. The van der Waals surface area contributed by atoms with Gasteiger partial charge in [0.25, 0.3) is 0 Å². The zero-order valence-corrected chi connectivity index (χ0v) is 10.9. The molecule has 18 heavy (non-hydrogen) atoms. The molecule has 0 spiro atoms. The van der Waals surface area contributed by atoms with E-state index in [0.29, 0.717) is 0 Å². The van der Waals surface area contributed by atoms with Crippen molar-refractivity contribution in [3.63, 3.8) is 0 Å². The summed E-state index contributed by atoms with van der Waals surface area (Å²) in [6, 6.07) is 0.0263. The van der Waals surface area contributed by atoms with Crippen LogP contribution in [0.4, 0.5) is 5.82 Å². The second-order valence-electron chi connectivity index (χ2n) is 5.29. The van der Waals surface area contributed by atoms with Gasteiger partial charge in [0.1, 0.15) is 12.1 Å². The molecule has 0 radical (unpaired) electrons. The number of carbonyl (C=O) groups is 1. The van der Waals surface area contributed by atoms with Crippen LogP contribution in [0.1, 0.15) is 43.9 Å². The number of aromatic nitrogens is 2. The summed E-state index contributed by atoms with van der Waals surface area (Å²) in [4.78, 5) is 22.8. The Labute approximate surface area is 107 Å². The van der Waals surface area contributed by atoms with Crippen molar-refractivity contribution >= 4 is 11.6 Å². The van der Waals surface area contributed by atoms with Gasteiger partial charge in [0.15, 0.2) is 5.78 Å². The van der Waals surface area contributed by atoms with Crippen LogP contribution in [0.2, 0.25) is 0 Å². The smallest absolute Gasteiger partial charge is 0.152 e. The number of Topliss-reactive ketones (excluding diaryl/α,β-unsaturated/α-hetero) is 1. The number of rotatable bonds is 2. The molecule has 2 heterocycles. The largest absolute Gasteiger partial charge is 0.346 e. The van der Waals surface area contributed by atoms with Gasteiger partial charge in [-0.3, -0.25) is 4.79 Å². The molecule has 1 atom stereocenters. The minimum atomic E-state index is 0.0263. The van der Waals surface area contributed by atoms with E-state index < -0.39 is 0 Å². The maximum Gasteiger partial charge on any atom is 0.152 e. The number of fused-ring (bicyclic) bond motifs is 1. The van der Waals surface area contributed by atoms with Gasteiger partial charge in [-0.1, -0.05) is 0 Å². The Morgan fingerprint density at radius 3 is 3.00 bits per heavy atom. The number of anilines is 1. The first-order valence-electron chi connectivity index (χ1n) is 6.87. The average molecular weight is 245 g/mol. The van der Waals surface area contributed by atoms with Gasteiger partial charge in [0.2, 0.25) is 0 Å². The molecule has 0 N–H and O–H groups in total. The van der Waals surface area contributed by atoms with Crippen LogP contribution in [0.5, 0.6) is 0 Å². The van der Waals surface area contributed by atoms with Crippen molar-refractivity contribution in [1.82, 2.24) is 9.97 Å². The molecule has 0 saturated carbocycles. The van der Waals surface area contributed by atoms with E-state index in [-0.39, 0.29) is 11.8 Å². The van der Waals surface area contributed by atoms with Crippen LogP contribution in [0.3, 0.4) is 0 Å². The van der Waals surface area contributed by atoms with E-state index in [0.717, 1.165) is 44.5 Å². The van der Waals surface area contributed by atoms with E-state index in [1.807, 2.05) is 0 Å². The lowest BCUT2D eigenvalue weighted by Crippen LogP contribution is -2.44. The lowest BCUT2D eigenvalue weighted by Gasteiger charge is -2.36. The first-order chi connectivity index (χ1) is 8.77. The highest BCUT2D eigenvalue weighted by atomic mass is 16.1. The third kappa shape index (κ3) is 1.89. The van der Waals surface area contributed by atoms with Gasteiger partial charge in [-0.05, 0) is 45.4 Å². The standard InChI is InChI=1S/C14H19N3O/c1-10(18)13-7-2-3-8-17(13)14-11-5-4-6-12(11)15-9-16-14/h9,13H,2-8H2,1H3. The highest BCUT2D eigenvalue weighted by Gasteiger charge is 2.30. The number of nitrogens with zero attached hydrogens (tertiary/aromatic N) is 3. The molecule has 1 aromatic heterocycles. The molecule has 0 bridgehead atoms. The molecular weight excluding hydrogens is 226 g/mol. The number of carbonyl (C=O) groups excluding carboxylic acids is 1. The molecular formula is C14H19N3O. The Morgan fingerprint density at radius 1 is 1.28 bits per heavy atom. The maximum atomic E-state index is 11.8. The summed E-state index contributed by atoms with van der Waals surface area (Å²) in [5, 5.41) is 0. The van der Waals surface area contributed by atoms with Crippen molar-refractivity contribution in [2.75, 3.05) is 11.4 Å². The second-order valence-corrected chi connectivity index (χ2v) is 5.29. The van der Waals surface area contributed by atoms with Crippen LogP contribution < -0.4 is 4.90 Å². The fourth-order valence-corrected chi connectivity index (χ4v) is 3.20. The van der Waals surface area contributed by atoms with Crippen LogP contribution in [0, 0.1) is 0 Å². The van der Waals surface area contributed by atoms with E-state index in [4.69, 9.17) is 0 Å². The van der Waals surface area contributed by atoms with Crippen molar-refractivity contribution in [1.29, 1.82) is 0 Å². The summed E-state index contributed by atoms with van der Waals surface area (Å²) in [5.41, 5.74) is 2.47. The summed E-state index contributed by atoms with van der Waals surface area (Å²) >= 11 is 0. The number of ketones is 1. The fraction of sp³-hybridized carbons (Fsp3) is 0.643. The SMILES string of the molecule is CC(=O)C1CCCCN1c1ncnc2c1CCC2. The number of hydrogen-bond acceptors (Lipinski definition) is 4. The fourth-order valence-electron chi connectivity index (χ4n) is 3.20. The molecule has 1 saturated heterocycles. The van der Waals surface area contributed by atoms with Crippen molar-refractivity contribution < 1.29 is 4.79 Å². The Kier molecular flexibility index (Phi) is 3.02. The van der Waals surface area contributed by atoms with Gasteiger partial charge in [-0.15, -0.1) is 0 Å². The molecule has 1 aliphatic carbocycles. The lowest BCUT2D eigenvalue weighted by atomic mass is 9.98. The molecule has 2 aliphatic rings. The average Bonchev–Trinajstić information content (AvgIpc) is 2.86. The molecule has 1 aromatic rings. The zero-order valence-electron chi connectivity index (χ0n) is 10.9. The summed E-state index contributed by atoms with van der Waals surface area (Å²) in [5.74, 6) is 1.29. The molecule has 4 heteroatoms. The normalized spacial score (nSPS) is 22.9. The van der Waals surface area contributed by atoms with Crippen molar-refractivity contribution in [2.45, 2.75) is 51.5 Å². The summed E-state index contributed by atoms with van der Waals surface area (Å²) in [6.07, 6.45) is 8.21. The first kappa shape index (κ1) is 11.6. The first-order valence-corrected chi connectivity index (χ1v) is 6.87. The monoisotopic (exact) mass is 245 g/mol. The molecule has 3 rings (SSSR count). The van der Waals surface area contributed by atoms with E-state index >= 15 is 0 Å². The number of aryl methyl sites for hydroxylation is 1. The predicted octanol–water partition coefficient (Wildman–Crippen LogP) is 1.91. The minimum absolute atomic E-state index is 0.0263. The summed E-state index contributed by atoms with van der Waals surface area (Å²) in [6.45, 7) is 2.65. The summed E-state index contributed by atoms with van der Waals surface area (Å²) < 4.78 is 0. The predicted molar refractivity (Wildman–Crippen MR) is 69.7 cm³/mol. The summed E-state index contributed by atoms with van der Waals surface area (Å²) in [7, 11) is 0. The van der Waals surface area contributed by atoms with E-state index in [9.17, 15) is 4.79 Å². The van der Waals surface area contributed by atoms with Gasteiger partial charge in [-0.25, -0.2) is 9.97 Å². The minimum Gasteiger partial charge on any atom is -0.346 e. The Balaban J connectivity index is 1.98. The number of hydrogen-bond donors (Lipinski definition) is 0. The molecule has 1 unspecified atom stereocenters. The molecule has 1 fully saturated rings. The van der Waals surface area contributed by atoms with Crippen LogP contribution in [-0.4, -0.2) is 28.3 Å². The lowest BCUT2D eigenvalue weighted by molar-refractivity contribution is -0.118. The molecule has 0 amide bonds. The van der Waals surface area contributed by atoms with Gasteiger partial charge >= 0.3 is 0 Å². The van der Waals surface area contributed by atoms with Gasteiger partial charge < -0.3 is 4.90 Å². The molecule has 4 nitrogen and oxygen atoms in total. The Morgan fingerprint density at radius 2 is 2.17 bits per heavy atom. The number of piperidine rings is 1. The molecule has 96 valence electrons. The van der Waals surface area contributed by atoms with Gasteiger partial charge in [-0.2, -0.15) is 0 Å². The highest BCUT2D eigenvalue weighted by Crippen LogP contribution is 2.31. The van der Waals surface area contributed by atoms with E-state index in [1.165, 1.54) is 17.7 Å².